The van der Waals surface area contributed by atoms with Crippen LogP contribution in [0, 0.1) is 24.5 Å². The normalized spacial score (nSPS) is 16.2. The first kappa shape index (κ1) is 19.5. The smallest absolute Gasteiger partial charge is 0.311 e. The lowest BCUT2D eigenvalue weighted by atomic mass is 10.1. The topological polar surface area (TPSA) is 75.7 Å². The summed E-state index contributed by atoms with van der Waals surface area (Å²) in [5.74, 6) is -3.94. The molecule has 1 aliphatic rings. The molecule has 1 atom stereocenters. The summed E-state index contributed by atoms with van der Waals surface area (Å²) in [6, 6.07) is 9.94. The Labute approximate surface area is 160 Å². The molecule has 0 spiro atoms. The first-order valence-electron chi connectivity index (χ1n) is 8.62. The van der Waals surface area contributed by atoms with Crippen LogP contribution in [0.5, 0.6) is 0 Å². The maximum Gasteiger partial charge on any atom is 0.311 e. The molecule has 2 aromatic rings. The van der Waals surface area contributed by atoms with Crippen LogP contribution in [0.25, 0.3) is 0 Å². The van der Waals surface area contributed by atoms with Crippen molar-refractivity contribution in [1.82, 2.24) is 0 Å². The molecule has 0 radical (unpaired) electrons. The van der Waals surface area contributed by atoms with Crippen LogP contribution in [-0.4, -0.2) is 30.9 Å². The van der Waals surface area contributed by atoms with Gasteiger partial charge in [0.05, 0.1) is 11.6 Å². The van der Waals surface area contributed by atoms with Gasteiger partial charge < -0.3 is 15.0 Å². The highest BCUT2D eigenvalue weighted by molar-refractivity contribution is 6.00. The maximum absolute atomic E-state index is 13.5. The average Bonchev–Trinajstić information content (AvgIpc) is 3.05. The molecule has 1 heterocycles. The highest BCUT2D eigenvalue weighted by Crippen LogP contribution is 2.26. The number of esters is 1. The van der Waals surface area contributed by atoms with Gasteiger partial charge in [-0.05, 0) is 31.2 Å². The molecule has 146 valence electrons. The predicted octanol–water partition coefficient (Wildman–Crippen LogP) is 2.81. The molecule has 0 aliphatic carbocycles. The number of anilines is 2. The van der Waals surface area contributed by atoms with Crippen molar-refractivity contribution in [2.45, 2.75) is 13.3 Å². The molecule has 2 aromatic carbocycles. The summed E-state index contributed by atoms with van der Waals surface area (Å²) >= 11 is 0. The number of halogens is 2. The quantitative estimate of drug-likeness (QED) is 0.800. The van der Waals surface area contributed by atoms with Crippen LogP contribution in [0.4, 0.5) is 20.2 Å². The molecule has 6 nitrogen and oxygen atoms in total. The number of nitrogens with zero attached hydrogens (tertiary/aromatic N) is 1. The van der Waals surface area contributed by atoms with Crippen molar-refractivity contribution in [2.75, 3.05) is 23.4 Å². The molecule has 28 heavy (non-hydrogen) atoms. The van der Waals surface area contributed by atoms with Crippen LogP contribution in [0.1, 0.15) is 12.0 Å². The molecule has 1 fully saturated rings. The lowest BCUT2D eigenvalue weighted by molar-refractivity contribution is -0.151. The van der Waals surface area contributed by atoms with E-state index in [0.29, 0.717) is 5.69 Å². The summed E-state index contributed by atoms with van der Waals surface area (Å²) < 4.78 is 31.6. The third-order valence-electron chi connectivity index (χ3n) is 4.35. The van der Waals surface area contributed by atoms with Gasteiger partial charge in [-0.15, -0.1) is 0 Å². The Morgan fingerprint density at radius 1 is 1.18 bits per heavy atom. The maximum atomic E-state index is 13.5. The third kappa shape index (κ3) is 4.51. The third-order valence-corrected chi connectivity index (χ3v) is 4.35. The van der Waals surface area contributed by atoms with E-state index in [4.69, 9.17) is 4.74 Å². The van der Waals surface area contributed by atoms with Crippen LogP contribution in [0.15, 0.2) is 42.5 Å². The first-order valence-corrected chi connectivity index (χ1v) is 8.62. The molecule has 1 N–H and O–H groups in total. The van der Waals surface area contributed by atoms with E-state index < -0.39 is 36.0 Å². The van der Waals surface area contributed by atoms with Crippen LogP contribution < -0.4 is 10.2 Å². The van der Waals surface area contributed by atoms with Gasteiger partial charge in [-0.2, -0.15) is 0 Å². The van der Waals surface area contributed by atoms with Gasteiger partial charge in [0.25, 0.3) is 5.91 Å². The van der Waals surface area contributed by atoms with Gasteiger partial charge in [-0.1, -0.05) is 17.7 Å². The Balaban J connectivity index is 1.53. The monoisotopic (exact) mass is 388 g/mol. The minimum absolute atomic E-state index is 0.0210. The summed E-state index contributed by atoms with van der Waals surface area (Å²) in [7, 11) is 0. The largest absolute Gasteiger partial charge is 0.455 e. The Morgan fingerprint density at radius 3 is 2.61 bits per heavy atom. The van der Waals surface area contributed by atoms with E-state index in [-0.39, 0.29) is 24.6 Å². The molecule has 0 aromatic heterocycles. The fourth-order valence-electron chi connectivity index (χ4n) is 2.87. The minimum Gasteiger partial charge on any atom is -0.455 e. The molecular formula is C20H18F2N2O4. The van der Waals surface area contributed by atoms with Crippen molar-refractivity contribution in [1.29, 1.82) is 0 Å². The second-order valence-corrected chi connectivity index (χ2v) is 6.52. The lowest BCUT2D eigenvalue weighted by Crippen LogP contribution is -2.28. The second kappa shape index (κ2) is 8.16. The number of benzene rings is 2. The zero-order chi connectivity index (χ0) is 20.3. The Hall–Kier alpha value is -3.29. The molecule has 3 rings (SSSR count). The molecule has 1 aliphatic heterocycles. The molecule has 2 amide bonds. The summed E-state index contributed by atoms with van der Waals surface area (Å²) in [5, 5.41) is 2.14. The number of hydrogen-bond donors (Lipinski definition) is 1. The Kier molecular flexibility index (Phi) is 5.67. The lowest BCUT2D eigenvalue weighted by Gasteiger charge is -2.16. The van der Waals surface area contributed by atoms with E-state index in [1.165, 1.54) is 4.90 Å². The fraction of sp³-hybridized carbons (Fsp3) is 0.250. The van der Waals surface area contributed by atoms with Gasteiger partial charge in [-0.3, -0.25) is 14.4 Å². The van der Waals surface area contributed by atoms with Crippen LogP contribution in [-0.2, 0) is 19.1 Å². The summed E-state index contributed by atoms with van der Waals surface area (Å²) in [6.07, 6.45) is -0.0210. The number of rotatable bonds is 5. The van der Waals surface area contributed by atoms with E-state index >= 15 is 0 Å². The van der Waals surface area contributed by atoms with Gasteiger partial charge in [0.2, 0.25) is 5.91 Å². The van der Waals surface area contributed by atoms with Crippen LogP contribution >= 0.6 is 0 Å². The molecule has 0 saturated carbocycles. The molecule has 1 unspecified atom stereocenters. The average molecular weight is 388 g/mol. The Morgan fingerprint density at radius 2 is 1.89 bits per heavy atom. The number of ether oxygens (including phenoxy) is 1. The summed E-state index contributed by atoms with van der Waals surface area (Å²) in [4.78, 5) is 37.7. The van der Waals surface area contributed by atoms with Crippen LogP contribution in [0.2, 0.25) is 0 Å². The van der Waals surface area contributed by atoms with Crippen LogP contribution in [0.3, 0.4) is 0 Å². The fourth-order valence-corrected chi connectivity index (χ4v) is 2.87. The summed E-state index contributed by atoms with van der Waals surface area (Å²) in [6.45, 7) is 1.42. The number of carbonyl (C=O) groups excluding carboxylic acids is 3. The molecule has 1 saturated heterocycles. The van der Waals surface area contributed by atoms with E-state index in [9.17, 15) is 23.2 Å². The number of aryl methyl sites for hydroxylation is 1. The zero-order valence-corrected chi connectivity index (χ0v) is 15.1. The summed E-state index contributed by atoms with van der Waals surface area (Å²) in [5.41, 5.74) is 1.39. The number of carbonyl (C=O) groups is 3. The van der Waals surface area contributed by atoms with Crippen molar-refractivity contribution in [3.8, 4) is 0 Å². The van der Waals surface area contributed by atoms with Gasteiger partial charge >= 0.3 is 5.97 Å². The van der Waals surface area contributed by atoms with Gasteiger partial charge in [0, 0.05) is 24.7 Å². The number of hydrogen-bond acceptors (Lipinski definition) is 4. The molecule has 8 heteroatoms. The zero-order valence-electron chi connectivity index (χ0n) is 15.1. The van der Waals surface area contributed by atoms with Gasteiger partial charge in [0.1, 0.15) is 11.6 Å². The molecular weight excluding hydrogens is 370 g/mol. The molecule has 0 bridgehead atoms. The number of amides is 2. The van der Waals surface area contributed by atoms with E-state index in [2.05, 4.69) is 5.32 Å². The predicted molar refractivity (Wildman–Crippen MR) is 97.6 cm³/mol. The Bertz CT molecular complexity index is 915. The first-order chi connectivity index (χ1) is 13.3. The van der Waals surface area contributed by atoms with E-state index in [0.717, 1.165) is 23.8 Å². The van der Waals surface area contributed by atoms with Crippen molar-refractivity contribution >= 4 is 29.2 Å². The van der Waals surface area contributed by atoms with E-state index in [1.54, 1.807) is 12.1 Å². The van der Waals surface area contributed by atoms with E-state index in [1.807, 2.05) is 19.1 Å². The minimum atomic E-state index is -0.809. The second-order valence-electron chi connectivity index (χ2n) is 6.52. The van der Waals surface area contributed by atoms with Gasteiger partial charge in [-0.25, -0.2) is 8.78 Å². The SMILES string of the molecule is Cc1ccc(N2CC(C(=O)OCC(=O)Nc3cc(F)ccc3F)CC2=O)cc1. The standard InChI is InChI=1S/C20H18F2N2O4/c1-12-2-5-15(6-3-12)24-10-13(8-19(24)26)20(27)28-11-18(25)23-17-9-14(21)4-7-16(17)22/h2-7,9,13H,8,10-11H2,1H3,(H,23,25). The van der Waals surface area contributed by atoms with Crippen molar-refractivity contribution < 1.29 is 27.9 Å². The highest BCUT2D eigenvalue weighted by Gasteiger charge is 2.36. The van der Waals surface area contributed by atoms with Crippen molar-refractivity contribution in [2.24, 2.45) is 5.92 Å². The highest BCUT2D eigenvalue weighted by atomic mass is 19.1. The van der Waals surface area contributed by atoms with Crippen molar-refractivity contribution in [3.63, 3.8) is 0 Å². The van der Waals surface area contributed by atoms with Crippen molar-refractivity contribution in [3.05, 3.63) is 59.7 Å². The van der Waals surface area contributed by atoms with Gasteiger partial charge in [0.15, 0.2) is 6.61 Å². The number of nitrogens with one attached hydrogen (secondary N) is 1.